The topological polar surface area (TPSA) is 36.0 Å². The third-order valence-electron chi connectivity index (χ3n) is 5.40. The minimum absolute atomic E-state index is 0.136. The highest BCUT2D eigenvalue weighted by atomic mass is 16.5. The van der Waals surface area contributed by atoms with Crippen LogP contribution < -0.4 is 14.5 Å². The molecule has 0 radical (unpaired) electrons. The Hall–Kier alpha value is -2.69. The number of nitrogens with zero attached hydrogens (tertiary/aromatic N) is 3. The fraction of sp³-hybridized carbons (Fsp3) is 0.381. The maximum Gasteiger partial charge on any atom is 0.324 e. The molecule has 0 N–H and O–H groups in total. The number of amides is 2. The molecular formula is C21H25N3O2. The van der Waals surface area contributed by atoms with Crippen molar-refractivity contribution in [3.63, 3.8) is 0 Å². The molecule has 5 heteroatoms. The molecule has 0 bridgehead atoms. The number of urea groups is 1. The lowest BCUT2D eigenvalue weighted by atomic mass is 10.1. The molecule has 0 spiro atoms. The van der Waals surface area contributed by atoms with Crippen LogP contribution in [0.1, 0.15) is 12.5 Å². The average Bonchev–Trinajstić information content (AvgIpc) is 3.03. The normalized spacial score (nSPS) is 19.5. The van der Waals surface area contributed by atoms with Gasteiger partial charge in [0.1, 0.15) is 5.75 Å². The monoisotopic (exact) mass is 351 g/mol. The largest absolute Gasteiger partial charge is 0.497 e. The van der Waals surface area contributed by atoms with Crippen molar-refractivity contribution in [1.29, 1.82) is 0 Å². The number of hydrogen-bond acceptors (Lipinski definition) is 3. The fourth-order valence-electron chi connectivity index (χ4n) is 3.96. The van der Waals surface area contributed by atoms with Gasteiger partial charge in [0.2, 0.25) is 0 Å². The summed E-state index contributed by atoms with van der Waals surface area (Å²) in [5, 5.41) is 0. The third-order valence-corrected chi connectivity index (χ3v) is 5.40. The minimum Gasteiger partial charge on any atom is -0.497 e. The van der Waals surface area contributed by atoms with Crippen molar-refractivity contribution < 1.29 is 9.53 Å². The molecule has 0 aromatic heterocycles. The quantitative estimate of drug-likeness (QED) is 0.832. The molecule has 0 saturated carbocycles. The van der Waals surface area contributed by atoms with Crippen LogP contribution in [0.25, 0.3) is 0 Å². The number of methoxy groups -OCH3 is 1. The number of piperazine rings is 1. The molecule has 1 saturated heterocycles. The number of benzene rings is 2. The number of ether oxygens (including phenoxy) is 1. The van der Waals surface area contributed by atoms with Gasteiger partial charge >= 0.3 is 6.03 Å². The van der Waals surface area contributed by atoms with Gasteiger partial charge in [0.05, 0.1) is 7.11 Å². The van der Waals surface area contributed by atoms with Gasteiger partial charge in [0.25, 0.3) is 0 Å². The van der Waals surface area contributed by atoms with Crippen molar-refractivity contribution in [3.05, 3.63) is 54.1 Å². The van der Waals surface area contributed by atoms with Crippen molar-refractivity contribution in [3.8, 4) is 5.75 Å². The average molecular weight is 351 g/mol. The van der Waals surface area contributed by atoms with E-state index in [4.69, 9.17) is 4.74 Å². The number of anilines is 2. The van der Waals surface area contributed by atoms with Gasteiger partial charge in [-0.2, -0.15) is 0 Å². The summed E-state index contributed by atoms with van der Waals surface area (Å²) in [5.74, 6) is 0.865. The van der Waals surface area contributed by atoms with Crippen LogP contribution in [-0.2, 0) is 6.42 Å². The van der Waals surface area contributed by atoms with Gasteiger partial charge in [-0.1, -0.05) is 18.2 Å². The van der Waals surface area contributed by atoms with Crippen molar-refractivity contribution in [2.24, 2.45) is 0 Å². The first kappa shape index (κ1) is 16.8. The van der Waals surface area contributed by atoms with Crippen molar-refractivity contribution in [2.45, 2.75) is 19.4 Å². The molecule has 2 aliphatic heterocycles. The molecular weight excluding hydrogens is 326 g/mol. The molecule has 4 rings (SSSR count). The first-order valence-electron chi connectivity index (χ1n) is 9.22. The first-order valence-corrected chi connectivity index (χ1v) is 9.22. The van der Waals surface area contributed by atoms with Crippen molar-refractivity contribution in [1.82, 2.24) is 4.90 Å². The second kappa shape index (κ2) is 6.90. The molecule has 1 atom stereocenters. The van der Waals surface area contributed by atoms with Crippen LogP contribution in [0, 0.1) is 0 Å². The van der Waals surface area contributed by atoms with E-state index < -0.39 is 0 Å². The Balaban J connectivity index is 1.42. The lowest BCUT2D eigenvalue weighted by Crippen LogP contribution is -2.54. The number of carbonyl (C=O) groups excluding carboxylic acids is 1. The predicted octanol–water partition coefficient (Wildman–Crippen LogP) is 3.39. The van der Waals surface area contributed by atoms with Gasteiger partial charge in [-0.15, -0.1) is 0 Å². The third kappa shape index (κ3) is 2.98. The summed E-state index contributed by atoms with van der Waals surface area (Å²) in [6.45, 7) is 5.32. The Morgan fingerprint density at radius 3 is 2.38 bits per heavy atom. The zero-order valence-electron chi connectivity index (χ0n) is 15.4. The molecule has 136 valence electrons. The van der Waals surface area contributed by atoms with Crippen LogP contribution in [0.2, 0.25) is 0 Å². The van der Waals surface area contributed by atoms with Gasteiger partial charge < -0.3 is 14.5 Å². The summed E-state index contributed by atoms with van der Waals surface area (Å²) < 4.78 is 5.22. The SMILES string of the molecule is COc1ccc(N2CCN(C(=O)N3c4ccccc4CC3C)CC2)cc1. The molecule has 2 heterocycles. The van der Waals surface area contributed by atoms with E-state index in [-0.39, 0.29) is 12.1 Å². The van der Waals surface area contributed by atoms with Crippen molar-refractivity contribution in [2.75, 3.05) is 43.1 Å². The Kier molecular flexibility index (Phi) is 4.45. The molecule has 26 heavy (non-hydrogen) atoms. The van der Waals surface area contributed by atoms with Crippen LogP contribution in [0.5, 0.6) is 5.75 Å². The highest BCUT2D eigenvalue weighted by Crippen LogP contribution is 2.33. The van der Waals surface area contributed by atoms with Crippen LogP contribution in [0.15, 0.2) is 48.5 Å². The maximum atomic E-state index is 13.1. The molecule has 1 unspecified atom stereocenters. The molecule has 5 nitrogen and oxygen atoms in total. The Morgan fingerprint density at radius 1 is 1.00 bits per heavy atom. The Bertz CT molecular complexity index is 782. The molecule has 2 aromatic carbocycles. The number of hydrogen-bond donors (Lipinski definition) is 0. The minimum atomic E-state index is 0.136. The maximum absolute atomic E-state index is 13.1. The van der Waals surface area contributed by atoms with E-state index in [1.54, 1.807) is 7.11 Å². The van der Waals surface area contributed by atoms with Crippen LogP contribution in [-0.4, -0.2) is 50.3 Å². The molecule has 1 fully saturated rings. The fourth-order valence-corrected chi connectivity index (χ4v) is 3.96. The van der Waals surface area contributed by atoms with E-state index in [2.05, 4.69) is 36.1 Å². The number of carbonyl (C=O) groups is 1. The highest BCUT2D eigenvalue weighted by molar-refractivity contribution is 5.95. The lowest BCUT2D eigenvalue weighted by Gasteiger charge is -2.38. The smallest absolute Gasteiger partial charge is 0.324 e. The van der Waals surface area contributed by atoms with E-state index in [9.17, 15) is 4.79 Å². The van der Waals surface area contributed by atoms with E-state index in [0.29, 0.717) is 0 Å². The van der Waals surface area contributed by atoms with E-state index in [1.807, 2.05) is 34.1 Å². The van der Waals surface area contributed by atoms with Gasteiger partial charge in [-0.3, -0.25) is 4.90 Å². The van der Waals surface area contributed by atoms with E-state index in [0.717, 1.165) is 44.0 Å². The van der Waals surface area contributed by atoms with Crippen LogP contribution in [0.3, 0.4) is 0 Å². The van der Waals surface area contributed by atoms with Crippen LogP contribution >= 0.6 is 0 Å². The van der Waals surface area contributed by atoms with E-state index in [1.165, 1.54) is 11.3 Å². The summed E-state index contributed by atoms with van der Waals surface area (Å²) in [5.41, 5.74) is 3.52. The van der Waals surface area contributed by atoms with E-state index >= 15 is 0 Å². The van der Waals surface area contributed by atoms with Gasteiger partial charge in [0.15, 0.2) is 0 Å². The van der Waals surface area contributed by atoms with Gasteiger partial charge in [0, 0.05) is 43.6 Å². The zero-order chi connectivity index (χ0) is 18.1. The van der Waals surface area contributed by atoms with Gasteiger partial charge in [-0.25, -0.2) is 4.79 Å². The lowest BCUT2D eigenvalue weighted by molar-refractivity contribution is 0.199. The summed E-state index contributed by atoms with van der Waals surface area (Å²) in [6, 6.07) is 16.7. The highest BCUT2D eigenvalue weighted by Gasteiger charge is 2.34. The number of rotatable bonds is 2. The molecule has 2 amide bonds. The van der Waals surface area contributed by atoms with Crippen molar-refractivity contribution >= 4 is 17.4 Å². The standard InChI is InChI=1S/C21H25N3O2/c1-16-15-17-5-3-4-6-20(17)24(16)21(25)23-13-11-22(12-14-23)18-7-9-19(26-2)10-8-18/h3-10,16H,11-15H2,1-2H3. The molecule has 2 aliphatic rings. The molecule has 0 aliphatic carbocycles. The predicted molar refractivity (Wildman–Crippen MR) is 104 cm³/mol. The number of para-hydroxylation sites is 1. The second-order valence-electron chi connectivity index (χ2n) is 7.01. The molecule has 2 aromatic rings. The summed E-state index contributed by atoms with van der Waals surface area (Å²) in [4.78, 5) is 19.4. The zero-order valence-corrected chi connectivity index (χ0v) is 15.4. The van der Waals surface area contributed by atoms with Gasteiger partial charge in [-0.05, 0) is 49.2 Å². The van der Waals surface area contributed by atoms with Crippen LogP contribution in [0.4, 0.5) is 16.2 Å². The summed E-state index contributed by atoms with van der Waals surface area (Å²) >= 11 is 0. The number of fused-ring (bicyclic) bond motifs is 1. The summed E-state index contributed by atoms with van der Waals surface area (Å²) in [7, 11) is 1.68. The second-order valence-corrected chi connectivity index (χ2v) is 7.01. The first-order chi connectivity index (χ1) is 12.7. The Labute approximate surface area is 154 Å². The summed E-state index contributed by atoms with van der Waals surface area (Å²) in [6.07, 6.45) is 0.938. The Morgan fingerprint density at radius 2 is 1.69 bits per heavy atom.